The molecule has 0 saturated carbocycles. The maximum Gasteiger partial charge on any atom is 0.211 e. The molecule has 1 aromatic heterocycles. The van der Waals surface area contributed by atoms with Crippen LogP contribution in [-0.4, -0.2) is 63.1 Å². The summed E-state index contributed by atoms with van der Waals surface area (Å²) in [6.45, 7) is 4.24. The van der Waals surface area contributed by atoms with E-state index in [1.807, 2.05) is 25.1 Å². The molecule has 8 heteroatoms. The lowest BCUT2D eigenvalue weighted by Gasteiger charge is -2.18. The van der Waals surface area contributed by atoms with Gasteiger partial charge in [-0.05, 0) is 18.6 Å². The Hall–Kier alpha value is -1.67. The van der Waals surface area contributed by atoms with E-state index in [0.717, 1.165) is 25.1 Å². The van der Waals surface area contributed by atoms with Crippen molar-refractivity contribution in [2.45, 2.75) is 19.8 Å². The average Bonchev–Trinajstić information content (AvgIpc) is 2.52. The number of pyridine rings is 1. The van der Waals surface area contributed by atoms with Gasteiger partial charge in [0.05, 0.1) is 6.26 Å². The summed E-state index contributed by atoms with van der Waals surface area (Å²) >= 11 is 0. The Kier molecular flexibility index (Phi) is 8.57. The van der Waals surface area contributed by atoms with Gasteiger partial charge >= 0.3 is 0 Å². The van der Waals surface area contributed by atoms with Crippen LogP contribution in [0.3, 0.4) is 0 Å². The van der Waals surface area contributed by atoms with Crippen molar-refractivity contribution in [3.8, 4) is 0 Å². The Labute approximate surface area is 139 Å². The number of nitrogens with zero attached hydrogens (tertiary/aromatic N) is 3. The van der Waals surface area contributed by atoms with E-state index in [-0.39, 0.29) is 0 Å². The first-order valence-corrected chi connectivity index (χ1v) is 9.61. The average molecular weight is 341 g/mol. The van der Waals surface area contributed by atoms with E-state index in [2.05, 4.69) is 20.6 Å². The van der Waals surface area contributed by atoms with Gasteiger partial charge in [0.25, 0.3) is 0 Å². The minimum atomic E-state index is -3.11. The molecule has 23 heavy (non-hydrogen) atoms. The number of hydrogen-bond acceptors (Lipinski definition) is 4. The highest BCUT2D eigenvalue weighted by molar-refractivity contribution is 7.88. The normalized spacial score (nSPS) is 12.4. The van der Waals surface area contributed by atoms with Crippen LogP contribution in [0.25, 0.3) is 0 Å². The summed E-state index contributed by atoms with van der Waals surface area (Å²) in [4.78, 5) is 8.41. The van der Waals surface area contributed by atoms with Crippen LogP contribution in [0.1, 0.15) is 19.0 Å². The molecule has 1 aromatic rings. The molecule has 0 fully saturated rings. The standard InChI is InChI=1S/C15H27N5O2S/c1-4-20(23(3,21)22)13-7-11-18-15(16-2)19-12-9-14-8-5-6-10-17-14/h5-6,8,10H,4,7,9,11-13H2,1-3H3,(H2,16,18,19). The summed E-state index contributed by atoms with van der Waals surface area (Å²) < 4.78 is 24.4. The number of aliphatic imine (C=N–C) groups is 1. The summed E-state index contributed by atoms with van der Waals surface area (Å²) in [7, 11) is -1.40. The molecule has 0 amide bonds. The lowest BCUT2D eigenvalue weighted by atomic mass is 10.3. The molecule has 130 valence electrons. The van der Waals surface area contributed by atoms with Crippen molar-refractivity contribution in [3.05, 3.63) is 30.1 Å². The van der Waals surface area contributed by atoms with E-state index in [4.69, 9.17) is 0 Å². The molecule has 0 radical (unpaired) electrons. The minimum absolute atomic E-state index is 0.496. The van der Waals surface area contributed by atoms with Crippen molar-refractivity contribution in [3.63, 3.8) is 0 Å². The monoisotopic (exact) mass is 341 g/mol. The zero-order valence-corrected chi connectivity index (χ0v) is 14.9. The van der Waals surface area contributed by atoms with Gasteiger partial charge in [0.15, 0.2) is 5.96 Å². The van der Waals surface area contributed by atoms with Crippen LogP contribution in [0.15, 0.2) is 29.4 Å². The molecule has 0 bridgehead atoms. The predicted molar refractivity (Wildman–Crippen MR) is 94.0 cm³/mol. The van der Waals surface area contributed by atoms with Gasteiger partial charge < -0.3 is 10.6 Å². The maximum absolute atomic E-state index is 11.5. The van der Waals surface area contributed by atoms with Crippen LogP contribution in [0, 0.1) is 0 Å². The molecule has 0 atom stereocenters. The van der Waals surface area contributed by atoms with Crippen LogP contribution >= 0.6 is 0 Å². The molecule has 0 unspecified atom stereocenters. The second kappa shape index (κ2) is 10.2. The summed E-state index contributed by atoms with van der Waals surface area (Å²) in [6, 6.07) is 5.85. The van der Waals surface area contributed by atoms with Crippen molar-refractivity contribution in [1.29, 1.82) is 0 Å². The van der Waals surface area contributed by atoms with Gasteiger partial charge in [-0.1, -0.05) is 13.0 Å². The lowest BCUT2D eigenvalue weighted by Crippen LogP contribution is -2.40. The van der Waals surface area contributed by atoms with Crippen LogP contribution in [0.2, 0.25) is 0 Å². The van der Waals surface area contributed by atoms with Gasteiger partial charge in [0.1, 0.15) is 0 Å². The van der Waals surface area contributed by atoms with Crippen molar-refractivity contribution in [2.75, 3.05) is 39.5 Å². The molecule has 2 N–H and O–H groups in total. The van der Waals surface area contributed by atoms with Crippen LogP contribution in [0.4, 0.5) is 0 Å². The molecule has 0 spiro atoms. The van der Waals surface area contributed by atoms with Gasteiger partial charge in [-0.25, -0.2) is 12.7 Å². The first-order valence-electron chi connectivity index (χ1n) is 7.77. The largest absolute Gasteiger partial charge is 0.356 e. The topological polar surface area (TPSA) is 86.7 Å². The van der Waals surface area contributed by atoms with Crippen molar-refractivity contribution in [2.24, 2.45) is 4.99 Å². The molecule has 7 nitrogen and oxygen atoms in total. The molecule has 1 rings (SSSR count). The summed E-state index contributed by atoms with van der Waals surface area (Å²) in [5, 5.41) is 6.40. The van der Waals surface area contributed by atoms with E-state index in [1.54, 1.807) is 13.2 Å². The number of nitrogens with one attached hydrogen (secondary N) is 2. The van der Waals surface area contributed by atoms with E-state index in [9.17, 15) is 8.42 Å². The van der Waals surface area contributed by atoms with E-state index >= 15 is 0 Å². The van der Waals surface area contributed by atoms with Crippen molar-refractivity contribution in [1.82, 2.24) is 19.9 Å². The van der Waals surface area contributed by atoms with E-state index in [1.165, 1.54) is 10.6 Å². The molecule has 0 aromatic carbocycles. The third kappa shape index (κ3) is 7.94. The van der Waals surface area contributed by atoms with Gasteiger partial charge in [-0.15, -0.1) is 0 Å². The fourth-order valence-corrected chi connectivity index (χ4v) is 3.03. The second-order valence-corrected chi connectivity index (χ2v) is 7.09. The van der Waals surface area contributed by atoms with Crippen LogP contribution < -0.4 is 10.6 Å². The second-order valence-electron chi connectivity index (χ2n) is 5.11. The van der Waals surface area contributed by atoms with Gasteiger partial charge in [0.2, 0.25) is 10.0 Å². The Morgan fingerprint density at radius 1 is 1.30 bits per heavy atom. The van der Waals surface area contributed by atoms with E-state index in [0.29, 0.717) is 25.6 Å². The number of rotatable bonds is 9. The quantitative estimate of drug-likeness (QED) is 0.387. The lowest BCUT2D eigenvalue weighted by molar-refractivity contribution is 0.424. The van der Waals surface area contributed by atoms with E-state index < -0.39 is 10.0 Å². The smallest absolute Gasteiger partial charge is 0.211 e. The first-order chi connectivity index (χ1) is 11.0. The molecule has 1 heterocycles. The summed E-state index contributed by atoms with van der Waals surface area (Å²) in [6.07, 6.45) is 4.56. The van der Waals surface area contributed by atoms with Crippen LogP contribution in [-0.2, 0) is 16.4 Å². The maximum atomic E-state index is 11.5. The predicted octanol–water partition coefficient (Wildman–Crippen LogP) is 0.461. The molecule has 0 aliphatic carbocycles. The number of sulfonamides is 1. The third-order valence-corrected chi connectivity index (χ3v) is 4.70. The third-order valence-electron chi connectivity index (χ3n) is 3.32. The highest BCUT2D eigenvalue weighted by Crippen LogP contribution is 1.98. The summed E-state index contributed by atoms with van der Waals surface area (Å²) in [5.41, 5.74) is 1.03. The fraction of sp³-hybridized carbons (Fsp3) is 0.600. The van der Waals surface area contributed by atoms with Crippen molar-refractivity contribution >= 4 is 16.0 Å². The van der Waals surface area contributed by atoms with Gasteiger partial charge in [0, 0.05) is 51.5 Å². The zero-order chi connectivity index (χ0) is 17.1. The minimum Gasteiger partial charge on any atom is -0.356 e. The number of hydrogen-bond donors (Lipinski definition) is 2. The fourth-order valence-electron chi connectivity index (χ4n) is 2.10. The molecule has 0 saturated heterocycles. The Morgan fingerprint density at radius 3 is 2.61 bits per heavy atom. The SMILES string of the molecule is CCN(CCCNC(=NC)NCCc1ccccn1)S(C)(=O)=O. The summed E-state index contributed by atoms with van der Waals surface area (Å²) in [5.74, 6) is 0.711. The number of aromatic nitrogens is 1. The zero-order valence-electron chi connectivity index (χ0n) is 14.1. The molecular weight excluding hydrogens is 314 g/mol. The Morgan fingerprint density at radius 2 is 2.04 bits per heavy atom. The highest BCUT2D eigenvalue weighted by Gasteiger charge is 2.13. The van der Waals surface area contributed by atoms with Crippen molar-refractivity contribution < 1.29 is 8.42 Å². The Bertz CT molecular complexity index is 575. The van der Waals surface area contributed by atoms with Gasteiger partial charge in [-0.3, -0.25) is 9.98 Å². The number of guanidine groups is 1. The highest BCUT2D eigenvalue weighted by atomic mass is 32.2. The molecule has 0 aliphatic rings. The molecular formula is C15H27N5O2S. The molecule has 0 aliphatic heterocycles. The Balaban J connectivity index is 2.24. The van der Waals surface area contributed by atoms with Crippen LogP contribution in [0.5, 0.6) is 0 Å². The van der Waals surface area contributed by atoms with Gasteiger partial charge in [-0.2, -0.15) is 0 Å². The first kappa shape index (κ1) is 19.4.